The summed E-state index contributed by atoms with van der Waals surface area (Å²) < 4.78 is 13.1. The molecule has 0 heterocycles. The highest BCUT2D eigenvalue weighted by Crippen LogP contribution is 2.19. The number of rotatable bonds is 4. The first-order valence-corrected chi connectivity index (χ1v) is 6.02. The minimum Gasteiger partial charge on any atom is -0.326 e. The third kappa shape index (κ3) is 4.11. The molecule has 0 saturated carbocycles. The summed E-state index contributed by atoms with van der Waals surface area (Å²) in [5, 5.41) is 0. The van der Waals surface area contributed by atoms with Gasteiger partial charge in [-0.2, -0.15) is 0 Å². The first-order chi connectivity index (χ1) is 8.20. The fourth-order valence-electron chi connectivity index (χ4n) is 1.58. The van der Waals surface area contributed by atoms with Crippen LogP contribution in [-0.2, 0) is 4.79 Å². The van der Waals surface area contributed by atoms with E-state index in [1.165, 1.54) is 11.0 Å². The Morgan fingerprint density at radius 2 is 2.06 bits per heavy atom. The molecule has 0 aliphatic heterocycles. The summed E-state index contributed by atoms with van der Waals surface area (Å²) in [5.74, 6) is -0.276. The van der Waals surface area contributed by atoms with Gasteiger partial charge in [-0.15, -0.1) is 0 Å². The van der Waals surface area contributed by atoms with Crippen molar-refractivity contribution in [1.82, 2.24) is 0 Å². The number of anilines is 1. The van der Waals surface area contributed by atoms with Crippen molar-refractivity contribution >= 4 is 11.6 Å². The van der Waals surface area contributed by atoms with Gasteiger partial charge in [0.2, 0.25) is 5.91 Å². The summed E-state index contributed by atoms with van der Waals surface area (Å²) in [6.45, 7) is 5.46. The Bertz CT molecular complexity index is 438. The van der Waals surface area contributed by atoms with Crippen LogP contribution < -0.4 is 10.6 Å². The van der Waals surface area contributed by atoms with Crippen molar-refractivity contribution in [3.63, 3.8) is 0 Å². The third-order valence-corrected chi connectivity index (χ3v) is 2.89. The molecule has 4 heteroatoms. The maximum absolute atomic E-state index is 13.1. The van der Waals surface area contributed by atoms with Gasteiger partial charge >= 0.3 is 0 Å². The van der Waals surface area contributed by atoms with E-state index in [4.69, 9.17) is 5.73 Å². The number of carbonyl (C=O) groups excluding carboxylic acids is 1. The molecule has 1 aromatic rings. The molecular weight excluding hydrogens is 231 g/mol. The molecule has 0 radical (unpaired) electrons. The average Bonchev–Trinajstić information content (AvgIpc) is 2.27. The molecule has 0 saturated heterocycles. The van der Waals surface area contributed by atoms with Crippen LogP contribution in [0.5, 0.6) is 0 Å². The number of hydrogen-bond acceptors (Lipinski definition) is 2. The van der Waals surface area contributed by atoms with Gasteiger partial charge in [-0.1, -0.05) is 0 Å². The van der Waals surface area contributed by atoms with E-state index in [0.29, 0.717) is 24.1 Å². The van der Waals surface area contributed by atoms with Crippen LogP contribution in [0.15, 0.2) is 18.2 Å². The Labute approximate surface area is 108 Å². The molecule has 2 N–H and O–H groups in total. The third-order valence-electron chi connectivity index (χ3n) is 2.89. The average molecular weight is 252 g/mol. The van der Waals surface area contributed by atoms with Crippen molar-refractivity contribution in [2.75, 3.05) is 11.9 Å². The van der Waals surface area contributed by atoms with Crippen LogP contribution in [0.25, 0.3) is 0 Å². The maximum atomic E-state index is 13.1. The fourth-order valence-corrected chi connectivity index (χ4v) is 1.58. The molecule has 0 atom stereocenters. The summed E-state index contributed by atoms with van der Waals surface area (Å²) in [4.78, 5) is 13.5. The van der Waals surface area contributed by atoms with Gasteiger partial charge in [0.15, 0.2) is 0 Å². The normalized spacial score (nSPS) is 11.4. The molecular formula is C14H21FN2O. The number of aryl methyl sites for hydroxylation is 1. The smallest absolute Gasteiger partial charge is 0.226 e. The fraction of sp³-hybridized carbons (Fsp3) is 0.500. The number of nitrogens with zero attached hydrogens (tertiary/aromatic N) is 1. The van der Waals surface area contributed by atoms with Crippen molar-refractivity contribution < 1.29 is 9.18 Å². The molecule has 0 aliphatic carbocycles. The molecule has 100 valence electrons. The van der Waals surface area contributed by atoms with Gasteiger partial charge in [-0.25, -0.2) is 4.39 Å². The van der Waals surface area contributed by atoms with E-state index in [-0.39, 0.29) is 17.3 Å². The lowest BCUT2D eigenvalue weighted by molar-refractivity contribution is -0.118. The number of nitrogens with two attached hydrogens (primary N) is 1. The van der Waals surface area contributed by atoms with Crippen LogP contribution >= 0.6 is 0 Å². The van der Waals surface area contributed by atoms with Gasteiger partial charge in [-0.05, 0) is 51.0 Å². The van der Waals surface area contributed by atoms with Crippen molar-refractivity contribution in [3.05, 3.63) is 29.6 Å². The lowest BCUT2D eigenvalue weighted by Gasteiger charge is -2.22. The number of benzene rings is 1. The monoisotopic (exact) mass is 252 g/mol. The highest BCUT2D eigenvalue weighted by atomic mass is 19.1. The summed E-state index contributed by atoms with van der Waals surface area (Å²) in [7, 11) is 1.69. The predicted octanol–water partition coefficient (Wildman–Crippen LogP) is 2.61. The molecule has 1 rings (SSSR count). The summed E-state index contributed by atoms with van der Waals surface area (Å²) in [6, 6.07) is 4.65. The Balaban J connectivity index is 2.71. The van der Waals surface area contributed by atoms with Crippen LogP contribution in [0.1, 0.15) is 32.3 Å². The number of amides is 1. The van der Waals surface area contributed by atoms with E-state index in [2.05, 4.69) is 0 Å². The second kappa shape index (κ2) is 5.48. The van der Waals surface area contributed by atoms with Crippen molar-refractivity contribution in [2.24, 2.45) is 5.73 Å². The second-order valence-electron chi connectivity index (χ2n) is 5.37. The van der Waals surface area contributed by atoms with Crippen molar-refractivity contribution in [2.45, 2.75) is 39.2 Å². The Morgan fingerprint density at radius 3 is 2.56 bits per heavy atom. The number of hydrogen-bond donors (Lipinski definition) is 1. The van der Waals surface area contributed by atoms with Crippen LogP contribution in [0.2, 0.25) is 0 Å². The first kappa shape index (κ1) is 14.6. The quantitative estimate of drug-likeness (QED) is 0.895. The Kier molecular flexibility index (Phi) is 4.46. The van der Waals surface area contributed by atoms with Crippen molar-refractivity contribution in [1.29, 1.82) is 0 Å². The molecule has 0 unspecified atom stereocenters. The zero-order valence-electron chi connectivity index (χ0n) is 11.5. The van der Waals surface area contributed by atoms with Crippen molar-refractivity contribution in [3.8, 4) is 0 Å². The minimum atomic E-state index is -0.352. The van der Waals surface area contributed by atoms with Gasteiger partial charge in [0.05, 0.1) is 0 Å². The topological polar surface area (TPSA) is 46.3 Å². The van der Waals surface area contributed by atoms with Crippen LogP contribution in [0.4, 0.5) is 10.1 Å². The summed E-state index contributed by atoms with van der Waals surface area (Å²) in [5.41, 5.74) is 6.73. The second-order valence-corrected chi connectivity index (χ2v) is 5.37. The molecule has 0 fully saturated rings. The number of carbonyl (C=O) groups is 1. The molecule has 1 amide bonds. The molecule has 3 nitrogen and oxygen atoms in total. The summed E-state index contributed by atoms with van der Waals surface area (Å²) in [6.07, 6.45) is 1.01. The zero-order valence-corrected chi connectivity index (χ0v) is 11.5. The van der Waals surface area contributed by atoms with Crippen LogP contribution in [0, 0.1) is 12.7 Å². The SMILES string of the molecule is Cc1cc(N(C)C(=O)CCC(C)(C)N)ccc1F. The largest absolute Gasteiger partial charge is 0.326 e. The lowest BCUT2D eigenvalue weighted by Crippen LogP contribution is -2.35. The summed E-state index contributed by atoms with van der Waals surface area (Å²) >= 11 is 0. The van der Waals surface area contributed by atoms with E-state index in [1.54, 1.807) is 26.1 Å². The zero-order chi connectivity index (χ0) is 13.9. The Hall–Kier alpha value is -1.42. The lowest BCUT2D eigenvalue weighted by atomic mass is 9.99. The first-order valence-electron chi connectivity index (χ1n) is 6.02. The molecule has 0 spiro atoms. The molecule has 0 bridgehead atoms. The standard InChI is InChI=1S/C14H21FN2O/c1-10-9-11(5-6-12(10)15)17(4)13(18)7-8-14(2,3)16/h5-6,9H,7-8,16H2,1-4H3. The van der Waals surface area contributed by atoms with E-state index in [0.717, 1.165) is 0 Å². The van der Waals surface area contributed by atoms with E-state index < -0.39 is 0 Å². The number of halogens is 1. The van der Waals surface area contributed by atoms with Crippen LogP contribution in [0.3, 0.4) is 0 Å². The van der Waals surface area contributed by atoms with Gasteiger partial charge in [0.25, 0.3) is 0 Å². The molecule has 18 heavy (non-hydrogen) atoms. The van der Waals surface area contributed by atoms with Gasteiger partial charge in [0.1, 0.15) is 5.82 Å². The van der Waals surface area contributed by atoms with Gasteiger partial charge < -0.3 is 10.6 Å². The van der Waals surface area contributed by atoms with Crippen LogP contribution in [-0.4, -0.2) is 18.5 Å². The minimum absolute atomic E-state index is 0.0143. The van der Waals surface area contributed by atoms with E-state index in [1.807, 2.05) is 13.8 Å². The van der Waals surface area contributed by atoms with E-state index in [9.17, 15) is 9.18 Å². The molecule has 0 aliphatic rings. The highest BCUT2D eigenvalue weighted by Gasteiger charge is 2.17. The van der Waals surface area contributed by atoms with E-state index >= 15 is 0 Å². The van der Waals surface area contributed by atoms with Gasteiger partial charge in [0, 0.05) is 24.7 Å². The molecule has 1 aromatic carbocycles. The Morgan fingerprint density at radius 1 is 1.44 bits per heavy atom. The molecule has 0 aromatic heterocycles. The predicted molar refractivity (Wildman–Crippen MR) is 72.0 cm³/mol. The van der Waals surface area contributed by atoms with Gasteiger partial charge in [-0.3, -0.25) is 4.79 Å². The highest BCUT2D eigenvalue weighted by molar-refractivity contribution is 5.92. The maximum Gasteiger partial charge on any atom is 0.226 e.